The quantitative estimate of drug-likeness (QED) is 0.0362. The fourth-order valence-electron chi connectivity index (χ4n) is 8.82. The van der Waals surface area contributed by atoms with Crippen LogP contribution >= 0.6 is 0 Å². The van der Waals surface area contributed by atoms with E-state index in [4.69, 9.17) is 0 Å². The monoisotopic (exact) mass is 886 g/mol. The number of allylic oxidation sites excluding steroid dienone is 5. The molecular weight excluding hydrogens is 775 g/mol. The highest BCUT2D eigenvalue weighted by atomic mass is 16.3. The summed E-state index contributed by atoms with van der Waals surface area (Å²) < 4.78 is 0. The van der Waals surface area contributed by atoms with E-state index >= 15 is 0 Å². The minimum absolute atomic E-state index is 0.00785. The lowest BCUT2D eigenvalue weighted by molar-refractivity contribution is -0.124. The molecule has 63 heavy (non-hydrogen) atoms. The van der Waals surface area contributed by atoms with Crippen LogP contribution in [-0.4, -0.2) is 46.1 Å². The molecule has 0 aromatic carbocycles. The van der Waals surface area contributed by atoms with Gasteiger partial charge < -0.3 is 20.6 Å². The SMILES string of the molecule is CCCCCCCCCCC/C=C/CC/C=C/C(O)C(CO)NC(=O)CC(O)CCCCCCCCCCCCCCCCC/C=C\CCCCCCCCCCCCCCCC. The van der Waals surface area contributed by atoms with Gasteiger partial charge in [-0.2, -0.15) is 0 Å². The van der Waals surface area contributed by atoms with Gasteiger partial charge in [-0.3, -0.25) is 4.79 Å². The predicted octanol–water partition coefficient (Wildman–Crippen LogP) is 17.4. The van der Waals surface area contributed by atoms with Gasteiger partial charge in [0, 0.05) is 0 Å². The Bertz CT molecular complexity index is 978. The molecule has 4 N–H and O–H groups in total. The van der Waals surface area contributed by atoms with Crippen LogP contribution in [0.25, 0.3) is 0 Å². The number of nitrogens with one attached hydrogen (secondary N) is 1. The zero-order valence-electron chi connectivity index (χ0n) is 42.5. The molecule has 3 unspecified atom stereocenters. The van der Waals surface area contributed by atoms with Gasteiger partial charge in [-0.05, 0) is 57.8 Å². The largest absolute Gasteiger partial charge is 0.394 e. The van der Waals surface area contributed by atoms with E-state index in [0.717, 1.165) is 32.1 Å². The molecule has 3 atom stereocenters. The Morgan fingerprint density at radius 2 is 0.683 bits per heavy atom. The first-order valence-electron chi connectivity index (χ1n) is 28.3. The number of hydrogen-bond acceptors (Lipinski definition) is 4. The maximum Gasteiger partial charge on any atom is 0.222 e. The van der Waals surface area contributed by atoms with Crippen LogP contribution < -0.4 is 5.32 Å². The molecule has 0 aliphatic carbocycles. The van der Waals surface area contributed by atoms with E-state index in [1.165, 1.54) is 244 Å². The molecule has 0 aromatic rings. The van der Waals surface area contributed by atoms with E-state index in [-0.39, 0.29) is 18.9 Å². The first-order valence-corrected chi connectivity index (χ1v) is 28.3. The number of aliphatic hydroxyl groups is 3. The maximum absolute atomic E-state index is 12.5. The van der Waals surface area contributed by atoms with Gasteiger partial charge >= 0.3 is 0 Å². The summed E-state index contributed by atoms with van der Waals surface area (Å²) in [5.41, 5.74) is 0. The van der Waals surface area contributed by atoms with Gasteiger partial charge in [-0.15, -0.1) is 0 Å². The average Bonchev–Trinajstić information content (AvgIpc) is 3.28. The van der Waals surface area contributed by atoms with Gasteiger partial charge in [-0.1, -0.05) is 275 Å². The Hall–Kier alpha value is -1.43. The molecule has 0 rings (SSSR count). The van der Waals surface area contributed by atoms with E-state index in [1.54, 1.807) is 6.08 Å². The Morgan fingerprint density at radius 3 is 1.02 bits per heavy atom. The van der Waals surface area contributed by atoms with Crippen molar-refractivity contribution in [2.45, 2.75) is 321 Å². The van der Waals surface area contributed by atoms with Crippen LogP contribution in [0.5, 0.6) is 0 Å². The third-order valence-corrected chi connectivity index (χ3v) is 13.1. The minimum atomic E-state index is -0.951. The molecule has 0 spiro atoms. The van der Waals surface area contributed by atoms with E-state index in [1.807, 2.05) is 6.08 Å². The van der Waals surface area contributed by atoms with Crippen LogP contribution in [-0.2, 0) is 4.79 Å². The number of unbranched alkanes of at least 4 members (excludes halogenated alkanes) is 39. The Balaban J connectivity index is 3.52. The average molecular weight is 887 g/mol. The van der Waals surface area contributed by atoms with Crippen molar-refractivity contribution in [1.29, 1.82) is 0 Å². The van der Waals surface area contributed by atoms with Crippen molar-refractivity contribution in [3.05, 3.63) is 36.5 Å². The standard InChI is InChI=1S/C58H111NO4/c1-3-5-7-9-11-13-15-17-19-20-21-22-23-24-25-26-27-28-29-30-31-32-33-34-35-36-38-39-41-43-45-47-49-51-55(61)53-58(63)59-56(54-60)57(62)52-50-48-46-44-42-40-37-18-16-14-12-10-8-6-4-2/h26-27,42,44,50,52,55-57,60-62H,3-25,28-41,43,45-49,51,53-54H2,1-2H3,(H,59,63)/b27-26-,44-42+,52-50+. The molecule has 5 nitrogen and oxygen atoms in total. The van der Waals surface area contributed by atoms with E-state index in [9.17, 15) is 20.1 Å². The highest BCUT2D eigenvalue weighted by Crippen LogP contribution is 2.17. The van der Waals surface area contributed by atoms with Crippen molar-refractivity contribution >= 4 is 5.91 Å². The molecule has 0 aromatic heterocycles. The molecular formula is C58H111NO4. The van der Waals surface area contributed by atoms with Crippen molar-refractivity contribution in [3.63, 3.8) is 0 Å². The molecule has 0 saturated heterocycles. The second-order valence-corrected chi connectivity index (χ2v) is 19.5. The van der Waals surface area contributed by atoms with Crippen LogP contribution in [0.2, 0.25) is 0 Å². The summed E-state index contributed by atoms with van der Waals surface area (Å²) in [5.74, 6) is -0.322. The first kappa shape index (κ1) is 61.6. The van der Waals surface area contributed by atoms with Gasteiger partial charge in [0.2, 0.25) is 5.91 Å². The van der Waals surface area contributed by atoms with Crippen LogP contribution in [0, 0.1) is 0 Å². The molecule has 0 aliphatic heterocycles. The zero-order chi connectivity index (χ0) is 45.8. The van der Waals surface area contributed by atoms with Crippen LogP contribution in [0.15, 0.2) is 36.5 Å². The van der Waals surface area contributed by atoms with Crippen LogP contribution in [0.4, 0.5) is 0 Å². The van der Waals surface area contributed by atoms with Crippen molar-refractivity contribution < 1.29 is 20.1 Å². The number of carbonyl (C=O) groups is 1. The van der Waals surface area contributed by atoms with Gasteiger partial charge in [0.1, 0.15) is 0 Å². The zero-order valence-corrected chi connectivity index (χ0v) is 42.5. The van der Waals surface area contributed by atoms with Gasteiger partial charge in [0.25, 0.3) is 0 Å². The molecule has 0 fully saturated rings. The van der Waals surface area contributed by atoms with Crippen LogP contribution in [0.3, 0.4) is 0 Å². The van der Waals surface area contributed by atoms with Crippen molar-refractivity contribution in [2.24, 2.45) is 0 Å². The summed E-state index contributed by atoms with van der Waals surface area (Å²) in [6.45, 7) is 4.22. The summed E-state index contributed by atoms with van der Waals surface area (Å²) in [6.07, 6.45) is 69.2. The number of aliphatic hydroxyl groups excluding tert-OH is 3. The van der Waals surface area contributed by atoms with Crippen molar-refractivity contribution in [3.8, 4) is 0 Å². The Kier molecular flexibility index (Phi) is 52.0. The Labute approximate surface area is 394 Å². The second kappa shape index (κ2) is 53.2. The lowest BCUT2D eigenvalue weighted by atomic mass is 10.0. The topological polar surface area (TPSA) is 89.8 Å². The van der Waals surface area contributed by atoms with Gasteiger partial charge in [-0.25, -0.2) is 0 Å². The smallest absolute Gasteiger partial charge is 0.222 e. The second-order valence-electron chi connectivity index (χ2n) is 19.5. The molecule has 1 amide bonds. The van der Waals surface area contributed by atoms with Gasteiger partial charge in [0.15, 0.2) is 0 Å². The summed E-state index contributed by atoms with van der Waals surface area (Å²) in [7, 11) is 0. The summed E-state index contributed by atoms with van der Waals surface area (Å²) in [6, 6.07) is -0.760. The fraction of sp³-hybridized carbons (Fsp3) is 0.879. The highest BCUT2D eigenvalue weighted by Gasteiger charge is 2.20. The third kappa shape index (κ3) is 49.8. The molecule has 0 radical (unpaired) electrons. The summed E-state index contributed by atoms with van der Waals surface area (Å²) in [4.78, 5) is 12.5. The number of hydrogen-bond donors (Lipinski definition) is 4. The molecule has 0 heterocycles. The van der Waals surface area contributed by atoms with E-state index in [2.05, 4.69) is 43.5 Å². The van der Waals surface area contributed by atoms with E-state index < -0.39 is 18.2 Å². The molecule has 372 valence electrons. The first-order chi connectivity index (χ1) is 31.0. The van der Waals surface area contributed by atoms with Crippen molar-refractivity contribution in [2.75, 3.05) is 6.61 Å². The number of carbonyl (C=O) groups excluding carboxylic acids is 1. The number of amides is 1. The van der Waals surface area contributed by atoms with E-state index in [0.29, 0.717) is 6.42 Å². The lowest BCUT2D eigenvalue weighted by Gasteiger charge is -2.21. The third-order valence-electron chi connectivity index (χ3n) is 13.1. The predicted molar refractivity (Wildman–Crippen MR) is 278 cm³/mol. The normalized spacial score (nSPS) is 13.5. The number of rotatable bonds is 52. The summed E-state index contributed by atoms with van der Waals surface area (Å²) >= 11 is 0. The summed E-state index contributed by atoms with van der Waals surface area (Å²) in [5, 5.41) is 33.3. The maximum atomic E-state index is 12.5. The van der Waals surface area contributed by atoms with Crippen molar-refractivity contribution in [1.82, 2.24) is 5.32 Å². The molecule has 0 bridgehead atoms. The highest BCUT2D eigenvalue weighted by molar-refractivity contribution is 5.76. The van der Waals surface area contributed by atoms with Gasteiger partial charge in [0.05, 0.1) is 31.3 Å². The molecule has 0 aliphatic rings. The molecule has 5 heteroatoms. The lowest BCUT2D eigenvalue weighted by Crippen LogP contribution is -2.45. The fourth-order valence-corrected chi connectivity index (χ4v) is 8.82. The minimum Gasteiger partial charge on any atom is -0.394 e. The van der Waals surface area contributed by atoms with Crippen LogP contribution in [0.1, 0.15) is 303 Å². The Morgan fingerprint density at radius 1 is 0.397 bits per heavy atom. The molecule has 0 saturated carbocycles.